The number of aromatic nitrogens is 4. The van der Waals surface area contributed by atoms with Crippen molar-refractivity contribution in [3.63, 3.8) is 0 Å². The molecule has 2 N–H and O–H groups in total. The van der Waals surface area contributed by atoms with Crippen LogP contribution >= 0.6 is 0 Å². The molecule has 134 valence electrons. The highest BCUT2D eigenvalue weighted by atomic mass is 15.7. The molecule has 4 aromatic rings. The summed E-state index contributed by atoms with van der Waals surface area (Å²) in [4.78, 5) is 0. The van der Waals surface area contributed by atoms with Gasteiger partial charge in [0.25, 0.3) is 0 Å². The quantitative estimate of drug-likeness (QED) is 0.566. The van der Waals surface area contributed by atoms with Gasteiger partial charge in [0.1, 0.15) is 0 Å². The summed E-state index contributed by atoms with van der Waals surface area (Å²) in [5.74, 6) is 1.48. The van der Waals surface area contributed by atoms with Crippen molar-refractivity contribution in [1.29, 1.82) is 0 Å². The number of nitrogens with zero attached hydrogens (tertiary/aromatic N) is 5. The zero-order valence-corrected chi connectivity index (χ0v) is 14.8. The molecule has 0 bridgehead atoms. The lowest BCUT2D eigenvalue weighted by atomic mass is 10.2. The molecule has 0 saturated heterocycles. The first kappa shape index (κ1) is 14.8. The normalized spacial score (nSPS) is 16.0. The topological polar surface area (TPSA) is 75.9 Å². The van der Waals surface area contributed by atoms with Crippen molar-refractivity contribution < 1.29 is 0 Å². The van der Waals surface area contributed by atoms with E-state index in [1.165, 1.54) is 24.1 Å². The number of fused-ring (bicyclic) bond motifs is 2. The van der Waals surface area contributed by atoms with Crippen molar-refractivity contribution in [2.75, 3.05) is 5.01 Å². The van der Waals surface area contributed by atoms with Gasteiger partial charge in [0.15, 0.2) is 5.82 Å². The molecule has 1 aliphatic heterocycles. The van der Waals surface area contributed by atoms with Crippen molar-refractivity contribution in [2.45, 2.75) is 25.7 Å². The fourth-order valence-electron chi connectivity index (χ4n) is 3.66. The third-order valence-electron chi connectivity index (χ3n) is 5.27. The van der Waals surface area contributed by atoms with Gasteiger partial charge < -0.3 is 11.0 Å². The van der Waals surface area contributed by atoms with Crippen molar-refractivity contribution in [3.8, 4) is 5.69 Å². The van der Waals surface area contributed by atoms with Gasteiger partial charge in [-0.2, -0.15) is 10.2 Å². The molecular formula is C20H18N7-. The van der Waals surface area contributed by atoms with Crippen LogP contribution in [0.3, 0.4) is 0 Å². The minimum Gasteiger partial charge on any atom is -0.602 e. The monoisotopic (exact) mass is 356 g/mol. The highest BCUT2D eigenvalue weighted by molar-refractivity contribution is 5.85. The molecule has 0 unspecified atom stereocenters. The summed E-state index contributed by atoms with van der Waals surface area (Å²) in [5.41, 5.74) is 13.9. The van der Waals surface area contributed by atoms with Gasteiger partial charge in [-0.3, -0.25) is 10.1 Å². The number of H-pyrrole nitrogens is 1. The van der Waals surface area contributed by atoms with E-state index in [-0.39, 0.29) is 0 Å². The van der Waals surface area contributed by atoms with E-state index >= 15 is 0 Å². The van der Waals surface area contributed by atoms with Crippen LogP contribution in [0.25, 0.3) is 22.0 Å². The Hall–Kier alpha value is -3.32. The van der Waals surface area contributed by atoms with E-state index < -0.39 is 0 Å². The zero-order chi connectivity index (χ0) is 18.0. The van der Waals surface area contributed by atoms with E-state index in [0.29, 0.717) is 5.92 Å². The first-order chi connectivity index (χ1) is 13.3. The molecule has 1 fully saturated rings. The predicted molar refractivity (Wildman–Crippen MR) is 105 cm³/mol. The maximum absolute atomic E-state index is 4.56. The molecule has 3 heterocycles. The molecule has 2 aromatic heterocycles. The average molecular weight is 356 g/mol. The summed E-state index contributed by atoms with van der Waals surface area (Å²) < 4.78 is 1.95. The smallest absolute Gasteiger partial charge is 0.168 e. The molecule has 2 aromatic carbocycles. The summed E-state index contributed by atoms with van der Waals surface area (Å²) in [6.45, 7) is 2.09. The molecule has 1 aliphatic carbocycles. The summed E-state index contributed by atoms with van der Waals surface area (Å²) in [7, 11) is 0. The van der Waals surface area contributed by atoms with E-state index in [0.717, 1.165) is 33.8 Å². The van der Waals surface area contributed by atoms with Gasteiger partial charge in [-0.05, 0) is 50.1 Å². The lowest BCUT2D eigenvalue weighted by Gasteiger charge is -2.20. The Balaban J connectivity index is 1.37. The Morgan fingerprint density at radius 2 is 2.04 bits per heavy atom. The third kappa shape index (κ3) is 2.32. The minimum atomic E-state index is 0.643. The van der Waals surface area contributed by atoms with Crippen LogP contribution < -0.4 is 10.5 Å². The van der Waals surface area contributed by atoms with Gasteiger partial charge in [-0.15, -0.1) is 0 Å². The highest BCUT2D eigenvalue weighted by Crippen LogP contribution is 2.43. The van der Waals surface area contributed by atoms with E-state index in [1.807, 2.05) is 22.0 Å². The molecule has 0 radical (unpaired) electrons. The van der Waals surface area contributed by atoms with Gasteiger partial charge in [-0.25, -0.2) is 4.68 Å². The second-order valence-electron chi connectivity index (χ2n) is 7.29. The first-order valence-corrected chi connectivity index (χ1v) is 9.17. The standard InChI is InChI=1S/C20H18N7/c1-12-2-6-18-14(8-12)11-21-26(18)15-5-7-19-17(9-15)23-25-27(19)20-10-16(22-24-20)13-3-4-13/h2,5-11,13,25H,3-4H2,1H3,(H,22,24)/q-1. The maximum Gasteiger partial charge on any atom is 0.168 e. The van der Waals surface area contributed by atoms with E-state index in [9.17, 15) is 0 Å². The van der Waals surface area contributed by atoms with Crippen LogP contribution in [0.2, 0.25) is 0 Å². The van der Waals surface area contributed by atoms with Crippen LogP contribution in [0.1, 0.15) is 30.0 Å². The molecule has 7 nitrogen and oxygen atoms in total. The largest absolute Gasteiger partial charge is 0.602 e. The zero-order valence-electron chi connectivity index (χ0n) is 14.8. The summed E-state index contributed by atoms with van der Waals surface area (Å²) in [6, 6.07) is 14.6. The Morgan fingerprint density at radius 3 is 2.93 bits per heavy atom. The summed E-state index contributed by atoms with van der Waals surface area (Å²) in [5, 5.41) is 15.2. The third-order valence-corrected chi connectivity index (χ3v) is 5.27. The molecular weight excluding hydrogens is 338 g/mol. The van der Waals surface area contributed by atoms with E-state index in [1.54, 1.807) is 0 Å². The van der Waals surface area contributed by atoms with Crippen LogP contribution in [-0.2, 0) is 0 Å². The molecule has 2 aliphatic rings. The Morgan fingerprint density at radius 1 is 1.11 bits per heavy atom. The van der Waals surface area contributed by atoms with Crippen LogP contribution in [0.4, 0.5) is 17.2 Å². The second-order valence-corrected chi connectivity index (χ2v) is 7.29. The van der Waals surface area contributed by atoms with Crippen molar-refractivity contribution >= 4 is 28.1 Å². The minimum absolute atomic E-state index is 0.643. The Bertz CT molecular complexity index is 1170. The number of aromatic amines is 1. The summed E-state index contributed by atoms with van der Waals surface area (Å²) in [6.07, 6.45) is 4.40. The maximum atomic E-state index is 4.56. The van der Waals surface area contributed by atoms with Gasteiger partial charge in [0, 0.05) is 28.8 Å². The average Bonchev–Trinajstić information content (AvgIpc) is 3.09. The Labute approximate surface area is 155 Å². The molecule has 7 heteroatoms. The fraction of sp³-hybridized carbons (Fsp3) is 0.200. The van der Waals surface area contributed by atoms with Crippen LogP contribution in [0, 0.1) is 6.92 Å². The number of hydrazine groups is 1. The molecule has 27 heavy (non-hydrogen) atoms. The van der Waals surface area contributed by atoms with Crippen LogP contribution in [0.15, 0.2) is 48.7 Å². The van der Waals surface area contributed by atoms with Crippen molar-refractivity contribution in [3.05, 3.63) is 65.3 Å². The number of anilines is 2. The van der Waals surface area contributed by atoms with Gasteiger partial charge >= 0.3 is 0 Å². The van der Waals surface area contributed by atoms with Gasteiger partial charge in [-0.1, -0.05) is 17.3 Å². The number of hydrogen-bond acceptors (Lipinski definition) is 4. The number of nitrogens with one attached hydrogen (secondary N) is 2. The predicted octanol–water partition coefficient (Wildman–Crippen LogP) is 4.51. The van der Waals surface area contributed by atoms with Gasteiger partial charge in [0.2, 0.25) is 0 Å². The lowest BCUT2D eigenvalue weighted by molar-refractivity contribution is 0.868. The lowest BCUT2D eigenvalue weighted by Crippen LogP contribution is -2.24. The SMILES string of the molecule is Cc1ccc2c(cnn2-c2ccc3c(c2)[N-]NN3c2cc(C3CC3)[nH]n2)c1. The van der Waals surface area contributed by atoms with E-state index in [2.05, 4.69) is 69.6 Å². The van der Waals surface area contributed by atoms with Crippen LogP contribution in [-0.4, -0.2) is 20.0 Å². The number of hydrogen-bond donors (Lipinski definition) is 2. The van der Waals surface area contributed by atoms with Crippen molar-refractivity contribution in [2.24, 2.45) is 0 Å². The molecule has 6 rings (SSSR count). The fourth-order valence-corrected chi connectivity index (χ4v) is 3.66. The number of benzene rings is 2. The summed E-state index contributed by atoms with van der Waals surface area (Å²) >= 11 is 0. The highest BCUT2D eigenvalue weighted by Gasteiger charge is 2.27. The molecule has 0 spiro atoms. The number of rotatable bonds is 3. The van der Waals surface area contributed by atoms with Gasteiger partial charge in [0.05, 0.1) is 17.4 Å². The molecule has 0 atom stereocenters. The Kier molecular flexibility index (Phi) is 2.93. The van der Waals surface area contributed by atoms with E-state index in [4.69, 9.17) is 0 Å². The molecule has 0 amide bonds. The van der Waals surface area contributed by atoms with Crippen molar-refractivity contribution in [1.82, 2.24) is 25.5 Å². The first-order valence-electron chi connectivity index (χ1n) is 9.17. The van der Waals surface area contributed by atoms with Crippen LogP contribution in [0.5, 0.6) is 0 Å². The second kappa shape index (κ2) is 5.34. The molecule has 1 saturated carbocycles. The number of aryl methyl sites for hydroxylation is 1.